The van der Waals surface area contributed by atoms with Gasteiger partial charge in [0.2, 0.25) is 0 Å². The highest BCUT2D eigenvalue weighted by atomic mass is 19.1. The van der Waals surface area contributed by atoms with Crippen molar-refractivity contribution >= 4 is 11.6 Å². The van der Waals surface area contributed by atoms with Crippen LogP contribution in [0.4, 0.5) is 4.39 Å². The van der Waals surface area contributed by atoms with E-state index in [-0.39, 0.29) is 12.1 Å². The smallest absolute Gasteiger partial charge is 0.320 e. The summed E-state index contributed by atoms with van der Waals surface area (Å²) in [5.41, 5.74) is 6.15. The molecule has 0 fully saturated rings. The highest BCUT2D eigenvalue weighted by Crippen LogP contribution is 2.11. The minimum absolute atomic E-state index is 0.111. The van der Waals surface area contributed by atoms with Gasteiger partial charge >= 0.3 is 5.97 Å². The van der Waals surface area contributed by atoms with Crippen molar-refractivity contribution in [2.75, 3.05) is 0 Å². The summed E-state index contributed by atoms with van der Waals surface area (Å²) in [4.78, 5) is 14.5. The van der Waals surface area contributed by atoms with Crippen molar-refractivity contribution in [3.8, 4) is 0 Å². The third-order valence-corrected chi connectivity index (χ3v) is 2.31. The maximum atomic E-state index is 13.3. The van der Waals surface area contributed by atoms with Gasteiger partial charge in [-0.15, -0.1) is 0 Å². The number of aromatic nitrogens is 2. The second-order valence-corrected chi connectivity index (χ2v) is 3.45. The van der Waals surface area contributed by atoms with Crippen LogP contribution >= 0.6 is 0 Å². The van der Waals surface area contributed by atoms with Crippen molar-refractivity contribution < 1.29 is 14.3 Å². The first-order valence-corrected chi connectivity index (χ1v) is 4.68. The number of hydrogen-bond donors (Lipinski definition) is 2. The molecule has 1 unspecified atom stereocenters. The molecule has 0 aliphatic carbocycles. The molecule has 84 valence electrons. The van der Waals surface area contributed by atoms with Crippen LogP contribution in [-0.2, 0) is 11.2 Å². The van der Waals surface area contributed by atoms with E-state index in [2.05, 4.69) is 4.98 Å². The van der Waals surface area contributed by atoms with Gasteiger partial charge in [-0.2, -0.15) is 0 Å². The van der Waals surface area contributed by atoms with E-state index in [4.69, 9.17) is 10.8 Å². The highest BCUT2D eigenvalue weighted by Gasteiger charge is 2.15. The monoisotopic (exact) mass is 223 g/mol. The fraction of sp³-hybridized carbons (Fsp3) is 0.200. The molecule has 2 aromatic heterocycles. The standard InChI is InChI=1S/C10H10FN3O2/c11-7-2-1-3-14-6(5-13-9(7)14)4-8(12)10(15)16/h1-3,5,8H,4,12H2,(H,15,16). The quantitative estimate of drug-likeness (QED) is 0.790. The van der Waals surface area contributed by atoms with Gasteiger partial charge in [-0.25, -0.2) is 9.37 Å². The summed E-state index contributed by atoms with van der Waals surface area (Å²) in [5.74, 6) is -1.54. The molecule has 5 nitrogen and oxygen atoms in total. The topological polar surface area (TPSA) is 80.6 Å². The summed E-state index contributed by atoms with van der Waals surface area (Å²) in [6.07, 6.45) is 3.16. The molecule has 0 radical (unpaired) electrons. The second kappa shape index (κ2) is 3.90. The maximum absolute atomic E-state index is 13.3. The average molecular weight is 223 g/mol. The minimum Gasteiger partial charge on any atom is -0.480 e. The largest absolute Gasteiger partial charge is 0.480 e. The first-order valence-electron chi connectivity index (χ1n) is 4.68. The van der Waals surface area contributed by atoms with Crippen LogP contribution in [0.5, 0.6) is 0 Å². The molecule has 0 bridgehead atoms. The molecular formula is C10H10FN3O2. The van der Waals surface area contributed by atoms with Crippen LogP contribution in [0, 0.1) is 5.82 Å². The number of nitrogens with zero attached hydrogens (tertiary/aromatic N) is 2. The number of halogens is 1. The van der Waals surface area contributed by atoms with Crippen LogP contribution in [0.25, 0.3) is 5.65 Å². The van der Waals surface area contributed by atoms with Gasteiger partial charge in [0.05, 0.1) is 0 Å². The number of carbonyl (C=O) groups is 1. The van der Waals surface area contributed by atoms with Crippen LogP contribution in [0.2, 0.25) is 0 Å². The predicted molar refractivity (Wildman–Crippen MR) is 54.5 cm³/mol. The van der Waals surface area contributed by atoms with Gasteiger partial charge < -0.3 is 15.2 Å². The molecule has 6 heteroatoms. The average Bonchev–Trinajstić information content (AvgIpc) is 2.63. The van der Waals surface area contributed by atoms with Crippen LogP contribution in [0.15, 0.2) is 24.5 Å². The molecule has 0 saturated heterocycles. The Morgan fingerprint density at radius 3 is 3.12 bits per heavy atom. The van der Waals surface area contributed by atoms with E-state index in [0.29, 0.717) is 5.69 Å². The summed E-state index contributed by atoms with van der Waals surface area (Å²) >= 11 is 0. The number of carboxylic acids is 1. The van der Waals surface area contributed by atoms with Crippen molar-refractivity contribution in [2.45, 2.75) is 12.5 Å². The Balaban J connectivity index is 2.39. The zero-order valence-corrected chi connectivity index (χ0v) is 8.30. The molecule has 0 amide bonds. The van der Waals surface area contributed by atoms with E-state index in [1.165, 1.54) is 22.7 Å². The number of rotatable bonds is 3. The summed E-state index contributed by atoms with van der Waals surface area (Å²) in [6.45, 7) is 0. The molecular weight excluding hydrogens is 213 g/mol. The first kappa shape index (κ1) is 10.6. The van der Waals surface area contributed by atoms with Crippen molar-refractivity contribution in [1.82, 2.24) is 9.38 Å². The van der Waals surface area contributed by atoms with Crippen molar-refractivity contribution in [3.63, 3.8) is 0 Å². The number of aliphatic carboxylic acids is 1. The molecule has 2 aromatic rings. The lowest BCUT2D eigenvalue weighted by molar-refractivity contribution is -0.138. The summed E-state index contributed by atoms with van der Waals surface area (Å²) in [6, 6.07) is 1.81. The Labute approximate surface area is 90.3 Å². The third-order valence-electron chi connectivity index (χ3n) is 2.31. The number of fused-ring (bicyclic) bond motifs is 1. The molecule has 2 heterocycles. The number of hydrogen-bond acceptors (Lipinski definition) is 3. The van der Waals surface area contributed by atoms with Gasteiger partial charge in [0, 0.05) is 24.5 Å². The number of imidazole rings is 1. The Hall–Kier alpha value is -1.95. The van der Waals surface area contributed by atoms with E-state index in [9.17, 15) is 9.18 Å². The van der Waals surface area contributed by atoms with Crippen molar-refractivity contribution in [1.29, 1.82) is 0 Å². The van der Waals surface area contributed by atoms with Crippen molar-refractivity contribution in [2.24, 2.45) is 5.73 Å². The predicted octanol–water partition coefficient (Wildman–Crippen LogP) is 0.428. The van der Waals surface area contributed by atoms with Gasteiger partial charge in [0.1, 0.15) is 6.04 Å². The van der Waals surface area contributed by atoms with Crippen LogP contribution in [0.3, 0.4) is 0 Å². The van der Waals surface area contributed by atoms with Gasteiger partial charge in [0.15, 0.2) is 11.5 Å². The maximum Gasteiger partial charge on any atom is 0.320 e. The molecule has 0 spiro atoms. The second-order valence-electron chi connectivity index (χ2n) is 3.45. The van der Waals surface area contributed by atoms with Crippen molar-refractivity contribution in [3.05, 3.63) is 36.0 Å². The lowest BCUT2D eigenvalue weighted by Gasteiger charge is -2.05. The Bertz CT molecular complexity index is 538. The number of pyridine rings is 1. The zero-order chi connectivity index (χ0) is 11.7. The van der Waals surface area contributed by atoms with E-state index in [1.54, 1.807) is 6.20 Å². The molecule has 0 aromatic carbocycles. The van der Waals surface area contributed by atoms with E-state index >= 15 is 0 Å². The third kappa shape index (κ3) is 1.74. The Morgan fingerprint density at radius 2 is 2.44 bits per heavy atom. The van der Waals surface area contributed by atoms with Crippen LogP contribution in [-0.4, -0.2) is 26.5 Å². The normalized spacial score (nSPS) is 12.9. The number of carboxylic acid groups (broad SMARTS) is 1. The van der Waals surface area contributed by atoms with Gasteiger partial charge in [-0.1, -0.05) is 0 Å². The van der Waals surface area contributed by atoms with Crippen LogP contribution in [0.1, 0.15) is 5.69 Å². The fourth-order valence-corrected chi connectivity index (χ4v) is 1.49. The molecule has 2 rings (SSSR count). The molecule has 3 N–H and O–H groups in total. The molecule has 0 aliphatic heterocycles. The van der Waals surface area contributed by atoms with Gasteiger partial charge in [-0.05, 0) is 12.1 Å². The SMILES string of the molecule is NC(Cc1cnc2c(F)cccn12)C(=O)O. The van der Waals surface area contributed by atoms with Crippen LogP contribution < -0.4 is 5.73 Å². The lowest BCUT2D eigenvalue weighted by Crippen LogP contribution is -2.32. The van der Waals surface area contributed by atoms with E-state index < -0.39 is 17.8 Å². The fourth-order valence-electron chi connectivity index (χ4n) is 1.49. The Kier molecular flexibility index (Phi) is 2.57. The molecule has 0 saturated carbocycles. The van der Waals surface area contributed by atoms with E-state index in [1.807, 2.05) is 0 Å². The molecule has 0 aliphatic rings. The highest BCUT2D eigenvalue weighted by molar-refractivity contribution is 5.73. The van der Waals surface area contributed by atoms with Gasteiger partial charge in [-0.3, -0.25) is 4.79 Å². The minimum atomic E-state index is -1.09. The lowest BCUT2D eigenvalue weighted by atomic mass is 10.2. The number of nitrogens with two attached hydrogens (primary N) is 1. The van der Waals surface area contributed by atoms with Gasteiger partial charge in [0.25, 0.3) is 0 Å². The summed E-state index contributed by atoms with van der Waals surface area (Å²) in [5, 5.41) is 8.68. The molecule has 16 heavy (non-hydrogen) atoms. The first-order chi connectivity index (χ1) is 7.59. The summed E-state index contributed by atoms with van der Waals surface area (Å²) in [7, 11) is 0. The summed E-state index contributed by atoms with van der Waals surface area (Å²) < 4.78 is 14.8. The zero-order valence-electron chi connectivity index (χ0n) is 8.30. The van der Waals surface area contributed by atoms with E-state index in [0.717, 1.165) is 0 Å². The molecule has 1 atom stereocenters. The Morgan fingerprint density at radius 1 is 1.69 bits per heavy atom.